The molecule has 2 rings (SSSR count). The van der Waals surface area contributed by atoms with Crippen molar-refractivity contribution in [1.82, 2.24) is 10.2 Å². The Labute approximate surface area is 116 Å². The summed E-state index contributed by atoms with van der Waals surface area (Å²) in [7, 11) is 3.26. The van der Waals surface area contributed by atoms with Crippen LogP contribution in [0.25, 0.3) is 10.6 Å². The molecular formula is C13H17N3O2S. The molecule has 1 aromatic carbocycles. The van der Waals surface area contributed by atoms with E-state index in [1.165, 1.54) is 11.3 Å². The van der Waals surface area contributed by atoms with Crippen LogP contribution in [-0.4, -0.2) is 31.0 Å². The highest BCUT2D eigenvalue weighted by molar-refractivity contribution is 7.18. The first-order valence-corrected chi connectivity index (χ1v) is 6.89. The van der Waals surface area contributed by atoms with Gasteiger partial charge in [0.25, 0.3) is 0 Å². The molecule has 0 unspecified atom stereocenters. The van der Waals surface area contributed by atoms with Gasteiger partial charge in [0.15, 0.2) is 0 Å². The molecule has 6 heteroatoms. The molecule has 0 atom stereocenters. The summed E-state index contributed by atoms with van der Waals surface area (Å²) in [4.78, 5) is 0. The van der Waals surface area contributed by atoms with Gasteiger partial charge in [-0.3, -0.25) is 0 Å². The molecule has 1 aromatic heterocycles. The maximum Gasteiger partial charge on any atom is 0.206 e. The molecule has 1 heterocycles. The predicted octanol–water partition coefficient (Wildman–Crippen LogP) is 3.04. The molecule has 0 amide bonds. The van der Waals surface area contributed by atoms with Gasteiger partial charge in [-0.1, -0.05) is 18.3 Å². The summed E-state index contributed by atoms with van der Waals surface area (Å²) >= 11 is 1.52. The first-order valence-electron chi connectivity index (χ1n) is 6.07. The molecule has 5 nitrogen and oxygen atoms in total. The van der Waals surface area contributed by atoms with E-state index in [0.29, 0.717) is 0 Å². The average molecular weight is 279 g/mol. The number of benzene rings is 1. The Morgan fingerprint density at radius 1 is 1.11 bits per heavy atom. The predicted molar refractivity (Wildman–Crippen MR) is 77.2 cm³/mol. The van der Waals surface area contributed by atoms with Crippen molar-refractivity contribution in [3.8, 4) is 22.1 Å². The maximum atomic E-state index is 5.25. The van der Waals surface area contributed by atoms with E-state index in [0.717, 1.165) is 40.2 Å². The zero-order valence-corrected chi connectivity index (χ0v) is 12.1. The molecule has 0 fully saturated rings. The molecule has 0 aliphatic heterocycles. The van der Waals surface area contributed by atoms with Gasteiger partial charge in [-0.25, -0.2) is 0 Å². The van der Waals surface area contributed by atoms with Crippen LogP contribution < -0.4 is 14.8 Å². The molecular weight excluding hydrogens is 262 g/mol. The van der Waals surface area contributed by atoms with Gasteiger partial charge in [-0.15, -0.1) is 10.2 Å². The lowest BCUT2D eigenvalue weighted by Gasteiger charge is -2.06. The number of hydrogen-bond acceptors (Lipinski definition) is 6. The van der Waals surface area contributed by atoms with E-state index in [1.54, 1.807) is 14.2 Å². The zero-order valence-electron chi connectivity index (χ0n) is 11.3. The van der Waals surface area contributed by atoms with Crippen LogP contribution >= 0.6 is 11.3 Å². The SMILES string of the molecule is CCCNc1nnc(-c2cc(OC)cc(OC)c2)s1. The molecule has 0 aliphatic carbocycles. The van der Waals surface area contributed by atoms with Crippen LogP contribution in [0.5, 0.6) is 11.5 Å². The largest absolute Gasteiger partial charge is 0.497 e. The molecule has 1 N–H and O–H groups in total. The van der Waals surface area contributed by atoms with E-state index in [4.69, 9.17) is 9.47 Å². The summed E-state index contributed by atoms with van der Waals surface area (Å²) < 4.78 is 10.5. The van der Waals surface area contributed by atoms with Crippen molar-refractivity contribution < 1.29 is 9.47 Å². The third kappa shape index (κ3) is 3.35. The van der Waals surface area contributed by atoms with Gasteiger partial charge in [0.1, 0.15) is 16.5 Å². The number of nitrogens with zero attached hydrogens (tertiary/aromatic N) is 2. The Hall–Kier alpha value is -1.82. The molecule has 0 saturated carbocycles. The van der Waals surface area contributed by atoms with Gasteiger partial charge in [-0.05, 0) is 18.6 Å². The number of nitrogens with one attached hydrogen (secondary N) is 1. The van der Waals surface area contributed by atoms with Crippen LogP contribution in [-0.2, 0) is 0 Å². The third-order valence-electron chi connectivity index (χ3n) is 2.55. The van der Waals surface area contributed by atoms with Crippen LogP contribution in [0.2, 0.25) is 0 Å². The minimum Gasteiger partial charge on any atom is -0.497 e. The Bertz CT molecular complexity index is 520. The van der Waals surface area contributed by atoms with Crippen molar-refractivity contribution in [2.24, 2.45) is 0 Å². The zero-order chi connectivity index (χ0) is 13.7. The fraction of sp³-hybridized carbons (Fsp3) is 0.385. The summed E-state index contributed by atoms with van der Waals surface area (Å²) in [6.07, 6.45) is 1.06. The normalized spacial score (nSPS) is 10.3. The van der Waals surface area contributed by atoms with Crippen LogP contribution in [0.3, 0.4) is 0 Å². The van der Waals surface area contributed by atoms with Crippen molar-refractivity contribution in [2.75, 3.05) is 26.1 Å². The smallest absolute Gasteiger partial charge is 0.206 e. The van der Waals surface area contributed by atoms with Gasteiger partial charge in [0.05, 0.1) is 14.2 Å². The number of ether oxygens (including phenoxy) is 2. The van der Waals surface area contributed by atoms with Gasteiger partial charge in [0, 0.05) is 18.2 Å². The Kier molecular flexibility index (Phi) is 4.57. The number of aromatic nitrogens is 2. The molecule has 0 bridgehead atoms. The van der Waals surface area contributed by atoms with Crippen molar-refractivity contribution in [3.63, 3.8) is 0 Å². The first-order chi connectivity index (χ1) is 9.26. The standard InChI is InChI=1S/C13H17N3O2S/c1-4-5-14-13-16-15-12(19-13)9-6-10(17-2)8-11(7-9)18-3/h6-8H,4-5H2,1-3H3,(H,14,16). The highest BCUT2D eigenvalue weighted by Crippen LogP contribution is 2.32. The summed E-state index contributed by atoms with van der Waals surface area (Å²) in [5, 5.41) is 13.2. The monoisotopic (exact) mass is 279 g/mol. The first kappa shape index (κ1) is 13.6. The quantitative estimate of drug-likeness (QED) is 0.880. The van der Waals surface area contributed by atoms with E-state index in [-0.39, 0.29) is 0 Å². The van der Waals surface area contributed by atoms with Crippen LogP contribution in [0.4, 0.5) is 5.13 Å². The van der Waals surface area contributed by atoms with Crippen molar-refractivity contribution in [1.29, 1.82) is 0 Å². The van der Waals surface area contributed by atoms with Gasteiger partial charge in [-0.2, -0.15) is 0 Å². The second-order valence-corrected chi connectivity index (χ2v) is 4.92. The highest BCUT2D eigenvalue weighted by Gasteiger charge is 2.09. The van der Waals surface area contributed by atoms with Crippen molar-refractivity contribution in [2.45, 2.75) is 13.3 Å². The van der Waals surface area contributed by atoms with Crippen molar-refractivity contribution >= 4 is 16.5 Å². The van der Waals surface area contributed by atoms with E-state index in [1.807, 2.05) is 18.2 Å². The lowest BCUT2D eigenvalue weighted by molar-refractivity contribution is 0.394. The molecule has 19 heavy (non-hydrogen) atoms. The highest BCUT2D eigenvalue weighted by atomic mass is 32.1. The van der Waals surface area contributed by atoms with E-state index >= 15 is 0 Å². The van der Waals surface area contributed by atoms with Crippen molar-refractivity contribution in [3.05, 3.63) is 18.2 Å². The summed E-state index contributed by atoms with van der Waals surface area (Å²) in [5.41, 5.74) is 0.943. The number of rotatable bonds is 6. The van der Waals surface area contributed by atoms with Gasteiger partial charge in [0.2, 0.25) is 5.13 Å². The minimum atomic E-state index is 0.743. The number of hydrogen-bond donors (Lipinski definition) is 1. The maximum absolute atomic E-state index is 5.25. The van der Waals surface area contributed by atoms with Gasteiger partial charge < -0.3 is 14.8 Å². The van der Waals surface area contributed by atoms with E-state index in [2.05, 4.69) is 22.4 Å². The summed E-state index contributed by atoms with van der Waals surface area (Å²) in [6, 6.07) is 5.68. The number of anilines is 1. The molecule has 102 valence electrons. The van der Waals surface area contributed by atoms with Crippen LogP contribution in [0.1, 0.15) is 13.3 Å². The van der Waals surface area contributed by atoms with Gasteiger partial charge >= 0.3 is 0 Å². The Morgan fingerprint density at radius 3 is 2.37 bits per heavy atom. The fourth-order valence-electron chi connectivity index (χ4n) is 1.57. The molecule has 0 radical (unpaired) electrons. The lowest BCUT2D eigenvalue weighted by Crippen LogP contribution is -1.98. The summed E-state index contributed by atoms with van der Waals surface area (Å²) in [5.74, 6) is 1.49. The Balaban J connectivity index is 2.27. The topological polar surface area (TPSA) is 56.3 Å². The summed E-state index contributed by atoms with van der Waals surface area (Å²) in [6.45, 7) is 3.01. The van der Waals surface area contributed by atoms with Crippen LogP contribution in [0, 0.1) is 0 Å². The fourth-order valence-corrected chi connectivity index (χ4v) is 2.33. The Morgan fingerprint density at radius 2 is 1.79 bits per heavy atom. The molecule has 2 aromatic rings. The third-order valence-corrected chi connectivity index (χ3v) is 3.48. The average Bonchev–Trinajstić information content (AvgIpc) is 2.93. The van der Waals surface area contributed by atoms with Crippen LogP contribution in [0.15, 0.2) is 18.2 Å². The molecule has 0 spiro atoms. The molecule has 0 saturated heterocycles. The van der Waals surface area contributed by atoms with E-state index in [9.17, 15) is 0 Å². The minimum absolute atomic E-state index is 0.743. The lowest BCUT2D eigenvalue weighted by atomic mass is 10.2. The second-order valence-electron chi connectivity index (χ2n) is 3.94. The second kappa shape index (κ2) is 6.38. The van der Waals surface area contributed by atoms with E-state index < -0.39 is 0 Å². The molecule has 0 aliphatic rings. The number of methoxy groups -OCH3 is 2.